The molecular weight excluding hydrogens is 304 g/mol. The molecule has 0 aromatic carbocycles. The quantitative estimate of drug-likeness (QED) is 0.287. The summed E-state index contributed by atoms with van der Waals surface area (Å²) in [5.74, 6) is 1.39. The van der Waals surface area contributed by atoms with E-state index in [1.165, 1.54) is 114 Å². The van der Waals surface area contributed by atoms with Gasteiger partial charge in [0, 0.05) is 18.7 Å². The van der Waals surface area contributed by atoms with Gasteiger partial charge in [-0.15, -0.1) is 0 Å². The van der Waals surface area contributed by atoms with Gasteiger partial charge >= 0.3 is 0 Å². The number of nitrogens with zero attached hydrogens (tertiary/aromatic N) is 2. The van der Waals surface area contributed by atoms with Crippen LogP contribution in [-0.2, 0) is 25.8 Å². The Morgan fingerprint density at radius 1 is 0.600 bits per heavy atom. The van der Waals surface area contributed by atoms with Crippen molar-refractivity contribution in [3.63, 3.8) is 0 Å². The largest absolute Gasteiger partial charge is 0.332 e. The fourth-order valence-corrected chi connectivity index (χ4v) is 3.66. The third-order valence-corrected chi connectivity index (χ3v) is 5.26. The molecule has 1 rings (SSSR count). The van der Waals surface area contributed by atoms with Crippen LogP contribution in [0.25, 0.3) is 0 Å². The molecule has 1 aromatic rings. The Morgan fingerprint density at radius 2 is 1.12 bits per heavy atom. The number of aryl methyl sites for hydroxylation is 2. The van der Waals surface area contributed by atoms with Gasteiger partial charge < -0.3 is 4.57 Å². The van der Waals surface area contributed by atoms with Crippen LogP contribution in [0.1, 0.15) is 122 Å². The Kier molecular flexibility index (Phi) is 12.8. The molecule has 0 radical (unpaired) electrons. The highest BCUT2D eigenvalue weighted by Gasteiger charge is 2.16. The van der Waals surface area contributed by atoms with E-state index in [-0.39, 0.29) is 0 Å². The van der Waals surface area contributed by atoms with Crippen LogP contribution in [0.15, 0.2) is 0 Å². The Labute approximate surface area is 157 Å². The standard InChI is InChI=1S/C23H44N2/c1-5-9-13-17-21-22(18-14-10-6-2)25(20-16-12-8-4)23(24-21)19-15-11-7-3/h5-20H2,1-4H3. The van der Waals surface area contributed by atoms with Crippen molar-refractivity contribution in [1.82, 2.24) is 9.55 Å². The van der Waals surface area contributed by atoms with Gasteiger partial charge in [-0.25, -0.2) is 4.98 Å². The summed E-state index contributed by atoms with van der Waals surface area (Å²) >= 11 is 0. The molecule has 2 nitrogen and oxygen atoms in total. The summed E-state index contributed by atoms with van der Waals surface area (Å²) in [6.07, 6.45) is 19.4. The summed E-state index contributed by atoms with van der Waals surface area (Å²) in [5, 5.41) is 0. The number of hydrogen-bond donors (Lipinski definition) is 0. The summed E-state index contributed by atoms with van der Waals surface area (Å²) in [7, 11) is 0. The smallest absolute Gasteiger partial charge is 0.109 e. The molecule has 0 saturated heterocycles. The molecule has 25 heavy (non-hydrogen) atoms. The maximum atomic E-state index is 5.17. The Bertz CT molecular complexity index is 395. The van der Waals surface area contributed by atoms with Gasteiger partial charge in [0.05, 0.1) is 5.69 Å². The number of aromatic nitrogens is 2. The summed E-state index contributed by atoms with van der Waals surface area (Å²) in [4.78, 5) is 5.17. The summed E-state index contributed by atoms with van der Waals surface area (Å²) in [5.41, 5.74) is 3.03. The van der Waals surface area contributed by atoms with E-state index in [0.29, 0.717) is 0 Å². The Morgan fingerprint density at radius 3 is 1.72 bits per heavy atom. The molecule has 0 aliphatic heterocycles. The fourth-order valence-electron chi connectivity index (χ4n) is 3.66. The average molecular weight is 349 g/mol. The van der Waals surface area contributed by atoms with E-state index >= 15 is 0 Å². The molecule has 0 atom stereocenters. The monoisotopic (exact) mass is 348 g/mol. The second kappa shape index (κ2) is 14.4. The van der Waals surface area contributed by atoms with Gasteiger partial charge in [-0.05, 0) is 38.5 Å². The van der Waals surface area contributed by atoms with Gasteiger partial charge in [-0.2, -0.15) is 0 Å². The SMILES string of the molecule is CCCCCc1nc(CCCCC)n(CCCCC)c1CCCCC. The molecule has 0 fully saturated rings. The van der Waals surface area contributed by atoms with Crippen LogP contribution in [0.5, 0.6) is 0 Å². The minimum absolute atomic E-state index is 1.18. The first-order valence-electron chi connectivity index (χ1n) is 11.3. The molecule has 0 aliphatic rings. The van der Waals surface area contributed by atoms with Gasteiger partial charge in [0.2, 0.25) is 0 Å². The first-order chi connectivity index (χ1) is 12.3. The van der Waals surface area contributed by atoms with Crippen molar-refractivity contribution in [3.8, 4) is 0 Å². The van der Waals surface area contributed by atoms with Crippen molar-refractivity contribution >= 4 is 0 Å². The number of unbranched alkanes of at least 4 members (excludes halogenated alkanes) is 8. The van der Waals surface area contributed by atoms with Crippen LogP contribution >= 0.6 is 0 Å². The maximum Gasteiger partial charge on any atom is 0.109 e. The average Bonchev–Trinajstić information content (AvgIpc) is 2.93. The minimum atomic E-state index is 1.18. The topological polar surface area (TPSA) is 17.8 Å². The van der Waals surface area contributed by atoms with Crippen molar-refractivity contribution in [2.45, 2.75) is 131 Å². The molecule has 0 N–H and O–H groups in total. The van der Waals surface area contributed by atoms with E-state index in [1.54, 1.807) is 5.69 Å². The second-order valence-electron chi connectivity index (χ2n) is 7.65. The van der Waals surface area contributed by atoms with Crippen LogP contribution < -0.4 is 0 Å². The first-order valence-corrected chi connectivity index (χ1v) is 11.3. The van der Waals surface area contributed by atoms with Crippen molar-refractivity contribution < 1.29 is 0 Å². The summed E-state index contributed by atoms with van der Waals surface area (Å²) < 4.78 is 2.64. The van der Waals surface area contributed by atoms with Gasteiger partial charge in [0.25, 0.3) is 0 Å². The third kappa shape index (κ3) is 8.42. The number of hydrogen-bond acceptors (Lipinski definition) is 1. The lowest BCUT2D eigenvalue weighted by Crippen LogP contribution is -2.09. The zero-order valence-corrected chi connectivity index (χ0v) is 17.7. The Hall–Kier alpha value is -0.790. The lowest BCUT2D eigenvalue weighted by molar-refractivity contribution is 0.544. The van der Waals surface area contributed by atoms with Crippen LogP contribution in [-0.4, -0.2) is 9.55 Å². The molecule has 0 bridgehead atoms. The highest BCUT2D eigenvalue weighted by atomic mass is 15.1. The highest BCUT2D eigenvalue weighted by Crippen LogP contribution is 2.21. The summed E-state index contributed by atoms with van der Waals surface area (Å²) in [6.45, 7) is 10.4. The highest BCUT2D eigenvalue weighted by molar-refractivity contribution is 5.19. The van der Waals surface area contributed by atoms with E-state index in [1.807, 2.05) is 0 Å². The molecule has 0 amide bonds. The van der Waals surface area contributed by atoms with Crippen molar-refractivity contribution in [3.05, 3.63) is 17.2 Å². The van der Waals surface area contributed by atoms with E-state index in [2.05, 4.69) is 32.3 Å². The molecule has 146 valence electrons. The summed E-state index contributed by atoms with van der Waals surface area (Å²) in [6, 6.07) is 0. The third-order valence-electron chi connectivity index (χ3n) is 5.26. The minimum Gasteiger partial charge on any atom is -0.332 e. The lowest BCUT2D eigenvalue weighted by Gasteiger charge is -2.13. The van der Waals surface area contributed by atoms with Crippen molar-refractivity contribution in [2.24, 2.45) is 0 Å². The van der Waals surface area contributed by atoms with Gasteiger partial charge in [-0.3, -0.25) is 0 Å². The molecule has 2 heteroatoms. The van der Waals surface area contributed by atoms with Crippen molar-refractivity contribution in [1.29, 1.82) is 0 Å². The second-order valence-corrected chi connectivity index (χ2v) is 7.65. The molecule has 1 aromatic heterocycles. The van der Waals surface area contributed by atoms with Crippen LogP contribution in [0.3, 0.4) is 0 Å². The van der Waals surface area contributed by atoms with Gasteiger partial charge in [-0.1, -0.05) is 79.1 Å². The predicted molar refractivity (Wildman–Crippen MR) is 111 cm³/mol. The zero-order chi connectivity index (χ0) is 18.3. The van der Waals surface area contributed by atoms with Gasteiger partial charge in [0.1, 0.15) is 5.82 Å². The number of imidazole rings is 1. The van der Waals surface area contributed by atoms with Crippen LogP contribution in [0, 0.1) is 0 Å². The molecule has 0 saturated carbocycles. The van der Waals surface area contributed by atoms with E-state index < -0.39 is 0 Å². The Balaban J connectivity index is 2.93. The molecule has 1 heterocycles. The number of rotatable bonds is 16. The molecule has 0 unspecified atom stereocenters. The van der Waals surface area contributed by atoms with E-state index in [0.717, 1.165) is 0 Å². The normalized spacial score (nSPS) is 11.4. The van der Waals surface area contributed by atoms with E-state index in [9.17, 15) is 0 Å². The predicted octanol–water partition coefficient (Wildman–Crippen LogP) is 7.27. The first kappa shape index (κ1) is 22.3. The zero-order valence-electron chi connectivity index (χ0n) is 17.7. The van der Waals surface area contributed by atoms with E-state index in [4.69, 9.17) is 4.98 Å². The van der Waals surface area contributed by atoms with Crippen molar-refractivity contribution in [2.75, 3.05) is 0 Å². The molecule has 0 spiro atoms. The van der Waals surface area contributed by atoms with Crippen LogP contribution in [0.2, 0.25) is 0 Å². The molecular formula is C23H44N2. The fraction of sp³-hybridized carbons (Fsp3) is 0.870. The van der Waals surface area contributed by atoms with Gasteiger partial charge in [0.15, 0.2) is 0 Å². The maximum absolute atomic E-state index is 5.17. The lowest BCUT2D eigenvalue weighted by atomic mass is 10.1. The molecule has 0 aliphatic carbocycles. The van der Waals surface area contributed by atoms with Crippen LogP contribution in [0.4, 0.5) is 0 Å².